The summed E-state index contributed by atoms with van der Waals surface area (Å²) in [5.41, 5.74) is 1.49. The molecule has 0 saturated carbocycles. The lowest BCUT2D eigenvalue weighted by atomic mass is 9.88. The predicted octanol–water partition coefficient (Wildman–Crippen LogP) is 3.04. The molecule has 10 heavy (non-hydrogen) atoms. The van der Waals surface area contributed by atoms with Crippen molar-refractivity contribution in [1.29, 1.82) is 0 Å². The van der Waals surface area contributed by atoms with E-state index in [0.717, 1.165) is 6.42 Å². The van der Waals surface area contributed by atoms with E-state index in [2.05, 4.69) is 31.7 Å². The van der Waals surface area contributed by atoms with Crippen LogP contribution in [0.2, 0.25) is 0 Å². The fraction of sp³-hybridized carbons (Fsp3) is 0.625. The van der Waals surface area contributed by atoms with Crippen molar-refractivity contribution in [3.63, 3.8) is 0 Å². The van der Waals surface area contributed by atoms with Gasteiger partial charge in [0, 0.05) is 34.4 Å². The number of allylic oxidation sites excluding steroid dienone is 1. The molecule has 0 bridgehead atoms. The van der Waals surface area contributed by atoms with E-state index in [1.807, 2.05) is 0 Å². The van der Waals surface area contributed by atoms with Crippen LogP contribution in [-0.4, -0.2) is 5.71 Å². The van der Waals surface area contributed by atoms with Gasteiger partial charge in [0.15, 0.2) is 0 Å². The largest absolute Gasteiger partial charge is 0.220 e. The van der Waals surface area contributed by atoms with Gasteiger partial charge >= 0.3 is 0 Å². The van der Waals surface area contributed by atoms with Gasteiger partial charge in [0.1, 0.15) is 0 Å². The molecule has 0 aromatic heterocycles. The third-order valence-corrected chi connectivity index (χ3v) is 2.23. The van der Waals surface area contributed by atoms with Crippen LogP contribution in [0.3, 0.4) is 0 Å². The van der Waals surface area contributed by atoms with Crippen molar-refractivity contribution in [3.05, 3.63) is 11.5 Å². The minimum absolute atomic E-state index is 0.229. The number of hydrogen-bond acceptors (Lipinski definition) is 2. The smallest absolute Gasteiger partial charge is 0.0369 e. The summed E-state index contributed by atoms with van der Waals surface area (Å²) in [6.45, 7) is 10.4. The number of hydrogen-bond donors (Lipinski definition) is 0. The Kier molecular flexibility index (Phi) is 1.90. The lowest BCUT2D eigenvalue weighted by molar-refractivity contribution is 0.585. The van der Waals surface area contributed by atoms with E-state index in [-0.39, 0.29) is 5.41 Å². The van der Waals surface area contributed by atoms with Gasteiger partial charge in [-0.2, -0.15) is 0 Å². The molecular formula is C8H13NS. The average Bonchev–Trinajstić information content (AvgIpc) is 2.11. The second kappa shape index (κ2) is 2.42. The molecule has 0 saturated heterocycles. The summed E-state index contributed by atoms with van der Waals surface area (Å²) < 4.78 is 4.32. The van der Waals surface area contributed by atoms with Gasteiger partial charge in [-0.15, -0.1) is 0 Å². The molecule has 1 aliphatic rings. The van der Waals surface area contributed by atoms with E-state index in [4.69, 9.17) is 0 Å². The highest BCUT2D eigenvalue weighted by Gasteiger charge is 2.23. The van der Waals surface area contributed by atoms with Gasteiger partial charge in [0.25, 0.3) is 0 Å². The normalized spacial score (nSPS) is 19.5. The maximum absolute atomic E-state index is 4.32. The van der Waals surface area contributed by atoms with Gasteiger partial charge in [0.2, 0.25) is 0 Å². The highest BCUT2D eigenvalue weighted by Crippen LogP contribution is 2.34. The summed E-state index contributed by atoms with van der Waals surface area (Å²) >= 11 is 1.53. The Balaban J connectivity index is 2.69. The van der Waals surface area contributed by atoms with Crippen LogP contribution >= 0.6 is 11.9 Å². The van der Waals surface area contributed by atoms with Crippen LogP contribution < -0.4 is 0 Å². The van der Waals surface area contributed by atoms with Crippen LogP contribution in [0.4, 0.5) is 0 Å². The predicted molar refractivity (Wildman–Crippen MR) is 48.2 cm³/mol. The summed E-state index contributed by atoms with van der Waals surface area (Å²) in [7, 11) is 0. The quantitative estimate of drug-likeness (QED) is 0.490. The Morgan fingerprint density at radius 3 is 2.30 bits per heavy atom. The first-order chi connectivity index (χ1) is 4.50. The fourth-order valence-corrected chi connectivity index (χ4v) is 1.55. The van der Waals surface area contributed by atoms with Crippen LogP contribution in [0.1, 0.15) is 27.2 Å². The zero-order chi connectivity index (χ0) is 7.78. The van der Waals surface area contributed by atoms with Crippen molar-refractivity contribution in [3.8, 4) is 0 Å². The first-order valence-electron chi connectivity index (χ1n) is 3.42. The van der Waals surface area contributed by atoms with Gasteiger partial charge in [-0.25, -0.2) is 4.40 Å². The average molecular weight is 155 g/mol. The molecule has 0 fully saturated rings. The molecule has 0 spiro atoms. The molecule has 1 rings (SSSR count). The first-order valence-corrected chi connectivity index (χ1v) is 4.19. The number of nitrogens with zero attached hydrogens (tertiary/aromatic N) is 1. The zero-order valence-corrected chi connectivity index (χ0v) is 7.59. The minimum Gasteiger partial charge on any atom is -0.220 e. The molecule has 1 aliphatic heterocycles. The first kappa shape index (κ1) is 7.86. The van der Waals surface area contributed by atoms with Crippen molar-refractivity contribution in [2.75, 3.05) is 0 Å². The van der Waals surface area contributed by atoms with Crippen LogP contribution in [0.5, 0.6) is 0 Å². The van der Waals surface area contributed by atoms with Crippen LogP contribution in [0.15, 0.2) is 15.9 Å². The van der Waals surface area contributed by atoms with Crippen molar-refractivity contribution in [1.82, 2.24) is 0 Å². The summed E-state index contributed by atoms with van der Waals surface area (Å²) in [6, 6.07) is 0. The van der Waals surface area contributed by atoms with E-state index in [1.165, 1.54) is 22.6 Å². The zero-order valence-electron chi connectivity index (χ0n) is 6.77. The van der Waals surface area contributed by atoms with Crippen LogP contribution in [-0.2, 0) is 0 Å². The molecule has 2 heteroatoms. The molecule has 1 nitrogen and oxygen atoms in total. The molecule has 0 aliphatic carbocycles. The van der Waals surface area contributed by atoms with Gasteiger partial charge in [0.05, 0.1) is 0 Å². The molecule has 0 atom stereocenters. The molecule has 0 amide bonds. The summed E-state index contributed by atoms with van der Waals surface area (Å²) in [4.78, 5) is 1.17. The second-order valence-electron chi connectivity index (χ2n) is 3.59. The molecule has 0 aromatic carbocycles. The van der Waals surface area contributed by atoms with Crippen molar-refractivity contribution < 1.29 is 0 Å². The molecule has 1 heterocycles. The van der Waals surface area contributed by atoms with Gasteiger partial charge < -0.3 is 0 Å². The fourth-order valence-electron chi connectivity index (χ4n) is 0.773. The lowest BCUT2D eigenvalue weighted by Gasteiger charge is -2.16. The molecule has 0 N–H and O–H groups in total. The van der Waals surface area contributed by atoms with E-state index >= 15 is 0 Å². The molecule has 0 aromatic rings. The maximum Gasteiger partial charge on any atom is 0.0369 e. The highest BCUT2D eigenvalue weighted by molar-refractivity contribution is 8.02. The topological polar surface area (TPSA) is 12.4 Å². The Bertz CT molecular complexity index is 186. The SMILES string of the molecule is C=C1CC(C(C)(C)C)=NS1. The monoisotopic (exact) mass is 155 g/mol. The van der Waals surface area contributed by atoms with E-state index in [0.29, 0.717) is 0 Å². The standard InChI is InChI=1S/C8H13NS/c1-6-5-7(9-10-6)8(2,3)4/h1,5H2,2-4H3. The Morgan fingerprint density at radius 2 is 2.10 bits per heavy atom. The third kappa shape index (κ3) is 1.63. The molecular weight excluding hydrogens is 142 g/mol. The maximum atomic E-state index is 4.32. The third-order valence-electron chi connectivity index (χ3n) is 1.52. The van der Waals surface area contributed by atoms with Gasteiger partial charge in [-0.3, -0.25) is 0 Å². The Hall–Kier alpha value is -0.240. The molecule has 56 valence electrons. The van der Waals surface area contributed by atoms with E-state index in [9.17, 15) is 0 Å². The summed E-state index contributed by atoms with van der Waals surface area (Å²) in [5.74, 6) is 0. The van der Waals surface area contributed by atoms with Crippen LogP contribution in [0.25, 0.3) is 0 Å². The highest BCUT2D eigenvalue weighted by atomic mass is 32.2. The van der Waals surface area contributed by atoms with Crippen molar-refractivity contribution >= 4 is 17.7 Å². The van der Waals surface area contributed by atoms with Gasteiger partial charge in [-0.05, 0) is 0 Å². The molecule has 0 radical (unpaired) electrons. The lowest BCUT2D eigenvalue weighted by Crippen LogP contribution is -2.17. The summed E-state index contributed by atoms with van der Waals surface area (Å²) in [5, 5.41) is 0. The Morgan fingerprint density at radius 1 is 1.50 bits per heavy atom. The second-order valence-corrected chi connectivity index (χ2v) is 4.54. The van der Waals surface area contributed by atoms with Crippen molar-refractivity contribution in [2.24, 2.45) is 9.81 Å². The van der Waals surface area contributed by atoms with E-state index < -0.39 is 0 Å². The minimum atomic E-state index is 0.229. The van der Waals surface area contributed by atoms with Crippen LogP contribution in [0, 0.1) is 5.41 Å². The van der Waals surface area contributed by atoms with Gasteiger partial charge in [-0.1, -0.05) is 27.4 Å². The Labute approximate surface area is 66.8 Å². The molecule has 0 unspecified atom stereocenters. The number of rotatable bonds is 0. The summed E-state index contributed by atoms with van der Waals surface area (Å²) in [6.07, 6.45) is 0.980. The van der Waals surface area contributed by atoms with E-state index in [1.54, 1.807) is 0 Å². The van der Waals surface area contributed by atoms with Crippen molar-refractivity contribution in [2.45, 2.75) is 27.2 Å².